The van der Waals surface area contributed by atoms with E-state index in [0.29, 0.717) is 48.7 Å². The summed E-state index contributed by atoms with van der Waals surface area (Å²) in [7, 11) is 1.57. The van der Waals surface area contributed by atoms with Gasteiger partial charge in [0.25, 0.3) is 5.92 Å². The summed E-state index contributed by atoms with van der Waals surface area (Å²) in [5.74, 6) is -1.63. The van der Waals surface area contributed by atoms with Gasteiger partial charge in [-0.25, -0.2) is 18.7 Å². The highest BCUT2D eigenvalue weighted by atomic mass is 19.3. The fourth-order valence-corrected chi connectivity index (χ4v) is 4.38. The summed E-state index contributed by atoms with van der Waals surface area (Å²) in [5.41, 5.74) is 2.18. The molecule has 5 rings (SSSR count). The van der Waals surface area contributed by atoms with Gasteiger partial charge in [0, 0.05) is 31.3 Å². The van der Waals surface area contributed by atoms with Gasteiger partial charge in [0.2, 0.25) is 11.8 Å². The molecule has 0 aliphatic carbocycles. The normalized spacial score (nSPS) is 18.9. The van der Waals surface area contributed by atoms with Crippen LogP contribution in [0.4, 0.5) is 26.2 Å². The summed E-state index contributed by atoms with van der Waals surface area (Å²) in [4.78, 5) is 15.5. The smallest absolute Gasteiger partial charge is 0.296 e. The fraction of sp³-hybridized carbons (Fsp3) is 0.385. The Bertz CT molecular complexity index is 1330. The number of piperidine rings is 1. The first-order valence-corrected chi connectivity index (χ1v) is 12.2. The first-order valence-electron chi connectivity index (χ1n) is 12.2. The molecule has 2 aromatic heterocycles. The zero-order chi connectivity index (χ0) is 26.5. The van der Waals surface area contributed by atoms with E-state index in [9.17, 15) is 14.0 Å². The van der Waals surface area contributed by atoms with Crippen LogP contribution in [-0.4, -0.2) is 73.5 Å². The second kappa shape index (κ2) is 11.1. The zero-order valence-electron chi connectivity index (χ0n) is 20.8. The van der Waals surface area contributed by atoms with Gasteiger partial charge in [0.05, 0.1) is 38.1 Å². The minimum atomic E-state index is -3.02. The summed E-state index contributed by atoms with van der Waals surface area (Å²) < 4.78 is 44.9. The minimum absolute atomic E-state index is 0.117. The lowest BCUT2D eigenvalue weighted by Gasteiger charge is -2.32. The number of hydrogen-bond donors (Lipinski definition) is 2. The number of hydrogen-bond acceptors (Lipinski definition) is 10. The van der Waals surface area contributed by atoms with Crippen LogP contribution in [0.2, 0.25) is 0 Å². The van der Waals surface area contributed by atoms with Crippen LogP contribution in [0.25, 0.3) is 11.3 Å². The molecule has 38 heavy (non-hydrogen) atoms. The van der Waals surface area contributed by atoms with Gasteiger partial charge < -0.3 is 29.7 Å². The predicted molar refractivity (Wildman–Crippen MR) is 136 cm³/mol. The molecule has 4 heterocycles. The minimum Gasteiger partial charge on any atom is -0.483 e. The molecule has 0 spiro atoms. The third-order valence-corrected chi connectivity index (χ3v) is 6.36. The van der Waals surface area contributed by atoms with Gasteiger partial charge in [-0.05, 0) is 42.9 Å². The van der Waals surface area contributed by atoms with Crippen LogP contribution < -0.4 is 25.0 Å². The van der Waals surface area contributed by atoms with Crippen molar-refractivity contribution >= 4 is 17.5 Å². The third kappa shape index (κ3) is 5.58. The second-order valence-corrected chi connectivity index (χ2v) is 8.87. The van der Waals surface area contributed by atoms with E-state index < -0.39 is 18.6 Å². The molecule has 0 bridgehead atoms. The van der Waals surface area contributed by atoms with Crippen molar-refractivity contribution in [3.63, 3.8) is 0 Å². The van der Waals surface area contributed by atoms with Crippen molar-refractivity contribution in [2.45, 2.75) is 18.4 Å². The number of benzene rings is 1. The van der Waals surface area contributed by atoms with Crippen LogP contribution in [0.3, 0.4) is 0 Å². The number of morpholine rings is 1. The quantitative estimate of drug-likeness (QED) is 0.477. The van der Waals surface area contributed by atoms with Crippen molar-refractivity contribution in [3.8, 4) is 29.0 Å². The topological polar surface area (TPSA) is 117 Å². The Morgan fingerprint density at radius 2 is 2.03 bits per heavy atom. The molecule has 2 N–H and O–H groups in total. The second-order valence-electron chi connectivity index (χ2n) is 8.87. The molecule has 2 aliphatic rings. The molecule has 0 saturated carbocycles. The first-order chi connectivity index (χ1) is 18.5. The Kier molecular flexibility index (Phi) is 7.48. The molecule has 0 radical (unpaired) electrons. The summed E-state index contributed by atoms with van der Waals surface area (Å²) in [5, 5.41) is 15.4. The number of pyridine rings is 1. The van der Waals surface area contributed by atoms with Crippen molar-refractivity contribution in [2.24, 2.45) is 0 Å². The molecule has 1 atom stereocenters. The number of anilines is 3. The van der Waals surface area contributed by atoms with E-state index in [2.05, 4.69) is 30.5 Å². The molecular weight excluding hydrogens is 496 g/mol. The fourth-order valence-electron chi connectivity index (χ4n) is 4.38. The highest BCUT2D eigenvalue weighted by Crippen LogP contribution is 2.32. The van der Waals surface area contributed by atoms with Gasteiger partial charge in [-0.2, -0.15) is 10.2 Å². The number of alkyl halides is 2. The Morgan fingerprint density at radius 1 is 1.18 bits per heavy atom. The molecule has 3 aromatic rings. The van der Waals surface area contributed by atoms with Gasteiger partial charge in [0.1, 0.15) is 23.3 Å². The van der Waals surface area contributed by atoms with Gasteiger partial charge in [-0.3, -0.25) is 0 Å². The van der Waals surface area contributed by atoms with E-state index in [1.54, 1.807) is 31.5 Å². The SMILES string of the molecule is COc1nc(Nc2nccc(-c3ccc(OC4CCNCC4(F)F)c(C#N)c3)n2)ccc1N1CCOCC1. The maximum atomic E-state index is 14.2. The lowest BCUT2D eigenvalue weighted by molar-refractivity contribution is -0.109. The van der Waals surface area contributed by atoms with Gasteiger partial charge in [-0.15, -0.1) is 0 Å². The third-order valence-electron chi connectivity index (χ3n) is 6.36. The molecule has 12 heteroatoms. The van der Waals surface area contributed by atoms with Crippen molar-refractivity contribution in [1.29, 1.82) is 5.26 Å². The lowest BCUT2D eigenvalue weighted by atomic mass is 10.0. The first kappa shape index (κ1) is 25.6. The summed E-state index contributed by atoms with van der Waals surface area (Å²) in [6, 6.07) is 12.3. The Morgan fingerprint density at radius 3 is 2.79 bits per heavy atom. The van der Waals surface area contributed by atoms with Crippen LogP contribution in [0.1, 0.15) is 12.0 Å². The van der Waals surface area contributed by atoms with Crippen LogP contribution in [0.15, 0.2) is 42.6 Å². The van der Waals surface area contributed by atoms with E-state index in [0.717, 1.165) is 18.8 Å². The molecule has 1 aromatic carbocycles. The van der Waals surface area contributed by atoms with Crippen molar-refractivity contribution in [1.82, 2.24) is 20.3 Å². The molecule has 0 amide bonds. The van der Waals surface area contributed by atoms with E-state index in [4.69, 9.17) is 14.2 Å². The van der Waals surface area contributed by atoms with Crippen molar-refractivity contribution in [2.75, 3.05) is 56.7 Å². The highest BCUT2D eigenvalue weighted by Gasteiger charge is 2.43. The summed E-state index contributed by atoms with van der Waals surface area (Å²) in [6.07, 6.45) is 0.429. The molecule has 198 valence electrons. The monoisotopic (exact) mass is 523 g/mol. The Labute approximate surface area is 218 Å². The number of nitriles is 1. The molecular formula is C26H27F2N7O3. The van der Waals surface area contributed by atoms with Gasteiger partial charge in [-0.1, -0.05) is 0 Å². The van der Waals surface area contributed by atoms with E-state index in [1.807, 2.05) is 18.2 Å². The molecule has 10 nitrogen and oxygen atoms in total. The van der Waals surface area contributed by atoms with Crippen molar-refractivity contribution < 1.29 is 23.0 Å². The lowest BCUT2D eigenvalue weighted by Crippen LogP contribution is -2.52. The van der Waals surface area contributed by atoms with Crippen molar-refractivity contribution in [3.05, 3.63) is 48.2 Å². The summed E-state index contributed by atoms with van der Waals surface area (Å²) in [6.45, 7) is 2.78. The number of nitrogens with one attached hydrogen (secondary N) is 2. The number of rotatable bonds is 7. The molecule has 2 saturated heterocycles. The standard InChI is InChI=1S/C26H27F2N7O3/c1-36-24-20(35-10-12-37-13-11-35)3-5-23(33-24)34-25-31-9-6-19(32-25)17-2-4-21(18(14-17)15-29)38-22-7-8-30-16-26(22,27)28/h2-6,9,14,22,30H,7-8,10-13,16H2,1H3,(H,31,32,33,34). The van der Waals surface area contributed by atoms with Crippen LogP contribution in [0, 0.1) is 11.3 Å². The zero-order valence-corrected chi connectivity index (χ0v) is 20.8. The Hall–Kier alpha value is -4.08. The maximum absolute atomic E-state index is 14.2. The molecule has 2 fully saturated rings. The van der Waals surface area contributed by atoms with Gasteiger partial charge in [0.15, 0.2) is 6.10 Å². The van der Waals surface area contributed by atoms with E-state index in [1.165, 1.54) is 6.07 Å². The number of halogens is 2. The Balaban J connectivity index is 1.34. The molecule has 2 aliphatic heterocycles. The number of nitrogens with zero attached hydrogens (tertiary/aromatic N) is 5. The van der Waals surface area contributed by atoms with Crippen LogP contribution in [-0.2, 0) is 4.74 Å². The van der Waals surface area contributed by atoms with Crippen LogP contribution >= 0.6 is 0 Å². The number of ether oxygens (including phenoxy) is 3. The average Bonchev–Trinajstić information content (AvgIpc) is 2.95. The van der Waals surface area contributed by atoms with Gasteiger partial charge >= 0.3 is 0 Å². The largest absolute Gasteiger partial charge is 0.483 e. The molecule has 1 unspecified atom stereocenters. The predicted octanol–water partition coefficient (Wildman–Crippen LogP) is 3.38. The summed E-state index contributed by atoms with van der Waals surface area (Å²) >= 11 is 0. The van der Waals surface area contributed by atoms with E-state index >= 15 is 0 Å². The highest BCUT2D eigenvalue weighted by molar-refractivity contribution is 5.66. The average molecular weight is 524 g/mol. The van der Waals surface area contributed by atoms with Crippen LogP contribution in [0.5, 0.6) is 11.6 Å². The number of methoxy groups -OCH3 is 1. The number of aromatic nitrogens is 3. The van der Waals surface area contributed by atoms with E-state index in [-0.39, 0.29) is 17.7 Å². The maximum Gasteiger partial charge on any atom is 0.296 e.